The maximum absolute atomic E-state index is 12.6. The fourth-order valence-corrected chi connectivity index (χ4v) is 5.07. The van der Waals surface area contributed by atoms with E-state index in [1.54, 1.807) is 0 Å². The molecule has 1 aromatic rings. The average molecular weight is 390 g/mol. The molecule has 0 aromatic carbocycles. The Morgan fingerprint density at radius 1 is 1.14 bits per heavy atom. The van der Waals surface area contributed by atoms with Crippen LogP contribution in [0.3, 0.4) is 0 Å². The molecule has 0 unspecified atom stereocenters. The fraction of sp³-hybridized carbons (Fsp3) is 0.857. The zero-order valence-corrected chi connectivity index (χ0v) is 17.6. The van der Waals surface area contributed by atoms with E-state index in [4.69, 9.17) is 4.74 Å². The summed E-state index contributed by atoms with van der Waals surface area (Å²) in [6, 6.07) is 1.11. The number of aromatic nitrogens is 3. The molecule has 1 amide bonds. The largest absolute Gasteiger partial charge is 0.444 e. The van der Waals surface area contributed by atoms with E-state index in [1.807, 2.05) is 25.7 Å². The van der Waals surface area contributed by atoms with E-state index in [-0.39, 0.29) is 6.09 Å². The van der Waals surface area contributed by atoms with Gasteiger partial charge in [0.05, 0.1) is 0 Å². The van der Waals surface area contributed by atoms with Gasteiger partial charge in [0, 0.05) is 44.1 Å². The Balaban J connectivity index is 1.28. The van der Waals surface area contributed by atoms with Crippen LogP contribution in [-0.2, 0) is 24.1 Å². The number of ether oxygens (including phenoxy) is 1. The van der Waals surface area contributed by atoms with Crippen LogP contribution in [0.25, 0.3) is 0 Å². The molecule has 2 fully saturated rings. The summed E-state index contributed by atoms with van der Waals surface area (Å²) in [5, 5.41) is 12.6. The topological polar surface area (TPSA) is 72.3 Å². The molecule has 7 heteroatoms. The second kappa shape index (κ2) is 8.01. The monoisotopic (exact) mass is 389 g/mol. The Kier molecular flexibility index (Phi) is 5.63. The molecule has 7 nitrogen and oxygen atoms in total. The summed E-state index contributed by atoms with van der Waals surface area (Å²) >= 11 is 0. The first-order valence-corrected chi connectivity index (χ1v) is 11.1. The molecule has 3 aliphatic heterocycles. The molecule has 4 heterocycles. The third-order valence-corrected chi connectivity index (χ3v) is 6.31. The van der Waals surface area contributed by atoms with E-state index in [0.29, 0.717) is 18.1 Å². The number of hydrogen-bond acceptors (Lipinski definition) is 5. The number of nitrogens with one attached hydrogen (secondary N) is 1. The van der Waals surface area contributed by atoms with Crippen molar-refractivity contribution < 1.29 is 9.53 Å². The molecule has 3 aliphatic rings. The van der Waals surface area contributed by atoms with Gasteiger partial charge in [-0.25, -0.2) is 4.79 Å². The first-order chi connectivity index (χ1) is 13.4. The lowest BCUT2D eigenvalue weighted by Crippen LogP contribution is -2.52. The van der Waals surface area contributed by atoms with Crippen molar-refractivity contribution >= 4 is 6.09 Å². The van der Waals surface area contributed by atoms with Crippen molar-refractivity contribution in [2.45, 2.75) is 109 Å². The van der Waals surface area contributed by atoms with Crippen molar-refractivity contribution in [3.63, 3.8) is 0 Å². The number of amides is 1. The summed E-state index contributed by atoms with van der Waals surface area (Å²) in [6.45, 7) is 7.80. The molecule has 1 aromatic heterocycles. The van der Waals surface area contributed by atoms with E-state index < -0.39 is 5.60 Å². The highest BCUT2D eigenvalue weighted by Crippen LogP contribution is 2.36. The summed E-state index contributed by atoms with van der Waals surface area (Å²) in [4.78, 5) is 14.6. The van der Waals surface area contributed by atoms with Crippen molar-refractivity contribution in [3.8, 4) is 0 Å². The third kappa shape index (κ3) is 4.34. The maximum Gasteiger partial charge on any atom is 0.410 e. The van der Waals surface area contributed by atoms with Crippen molar-refractivity contribution in [1.82, 2.24) is 25.0 Å². The Morgan fingerprint density at radius 3 is 2.61 bits per heavy atom. The first kappa shape index (κ1) is 19.7. The third-order valence-electron chi connectivity index (χ3n) is 6.31. The average Bonchev–Trinajstić information content (AvgIpc) is 3.01. The Bertz CT molecular complexity index is 681. The molecular weight excluding hydrogens is 354 g/mol. The second-order valence-electron chi connectivity index (χ2n) is 9.64. The first-order valence-electron chi connectivity index (χ1n) is 11.1. The predicted molar refractivity (Wildman–Crippen MR) is 107 cm³/mol. The maximum atomic E-state index is 12.6. The molecule has 2 bridgehead atoms. The highest BCUT2D eigenvalue weighted by Gasteiger charge is 2.44. The summed E-state index contributed by atoms with van der Waals surface area (Å²) < 4.78 is 7.97. The van der Waals surface area contributed by atoms with Gasteiger partial charge in [0.25, 0.3) is 0 Å². The molecule has 4 rings (SSSR count). The lowest BCUT2D eigenvalue weighted by molar-refractivity contribution is 0.00477. The van der Waals surface area contributed by atoms with Crippen LogP contribution in [0.4, 0.5) is 4.79 Å². The van der Waals surface area contributed by atoms with Crippen LogP contribution in [0.2, 0.25) is 0 Å². The minimum absolute atomic E-state index is 0.135. The minimum atomic E-state index is -0.429. The highest BCUT2D eigenvalue weighted by atomic mass is 16.6. The van der Waals surface area contributed by atoms with Crippen LogP contribution in [0, 0.1) is 0 Å². The summed E-state index contributed by atoms with van der Waals surface area (Å²) in [5.41, 5.74) is -0.429. The van der Waals surface area contributed by atoms with Gasteiger partial charge < -0.3 is 19.5 Å². The Labute approximate surface area is 168 Å². The van der Waals surface area contributed by atoms with E-state index in [1.165, 1.54) is 19.3 Å². The second-order valence-corrected chi connectivity index (χ2v) is 9.64. The smallest absolute Gasteiger partial charge is 0.410 e. The molecule has 0 aliphatic carbocycles. The van der Waals surface area contributed by atoms with Crippen LogP contribution >= 0.6 is 0 Å². The van der Waals surface area contributed by atoms with Gasteiger partial charge in [-0.3, -0.25) is 0 Å². The molecule has 0 spiro atoms. The Hall–Kier alpha value is -1.63. The molecule has 2 atom stereocenters. The van der Waals surface area contributed by atoms with Gasteiger partial charge in [-0.05, 0) is 59.3 Å². The number of carbonyl (C=O) groups excluding carboxylic acids is 1. The van der Waals surface area contributed by atoms with Crippen LogP contribution in [-0.4, -0.2) is 56.0 Å². The van der Waals surface area contributed by atoms with Gasteiger partial charge in [0.15, 0.2) is 0 Å². The van der Waals surface area contributed by atoms with Crippen molar-refractivity contribution in [2.75, 3.05) is 6.54 Å². The van der Waals surface area contributed by atoms with Gasteiger partial charge in [-0.15, -0.1) is 10.2 Å². The number of fused-ring (bicyclic) bond motifs is 3. The van der Waals surface area contributed by atoms with Crippen LogP contribution in [0.15, 0.2) is 0 Å². The zero-order valence-electron chi connectivity index (χ0n) is 17.6. The fourth-order valence-electron chi connectivity index (χ4n) is 5.07. The molecule has 156 valence electrons. The number of nitrogens with zero attached hydrogens (tertiary/aromatic N) is 4. The van der Waals surface area contributed by atoms with Gasteiger partial charge in [0.1, 0.15) is 17.2 Å². The standard InChI is InChI=1S/C21H35N5O2/c1-21(2,3)28-20(27)26-16-8-9-17(26)14-15(13-16)22-11-10-19-24-23-18-7-5-4-6-12-25(18)19/h15-17,22H,4-14H2,1-3H3/t16-,17-/m0/s1. The van der Waals surface area contributed by atoms with Crippen molar-refractivity contribution in [1.29, 1.82) is 0 Å². The van der Waals surface area contributed by atoms with E-state index >= 15 is 0 Å². The van der Waals surface area contributed by atoms with Gasteiger partial charge >= 0.3 is 6.09 Å². The number of carbonyl (C=O) groups is 1. The highest BCUT2D eigenvalue weighted by molar-refractivity contribution is 5.69. The lowest BCUT2D eigenvalue weighted by atomic mass is 9.97. The number of hydrogen-bond donors (Lipinski definition) is 1. The SMILES string of the molecule is CC(C)(C)OC(=O)N1[C@H]2CC[C@H]1CC(NCCc1nnc3n1CCCCC3)C2. The van der Waals surface area contributed by atoms with Crippen LogP contribution in [0.1, 0.15) is 77.4 Å². The number of rotatable bonds is 4. The lowest BCUT2D eigenvalue weighted by Gasteiger charge is -2.39. The molecule has 1 N–H and O–H groups in total. The van der Waals surface area contributed by atoms with E-state index in [2.05, 4.69) is 20.1 Å². The molecule has 0 radical (unpaired) electrons. The normalized spacial score (nSPS) is 27.4. The number of piperidine rings is 1. The predicted octanol–water partition coefficient (Wildman–Crippen LogP) is 3.07. The van der Waals surface area contributed by atoms with Crippen molar-refractivity contribution in [2.24, 2.45) is 0 Å². The van der Waals surface area contributed by atoms with Gasteiger partial charge in [-0.1, -0.05) is 6.42 Å². The molecule has 2 saturated heterocycles. The van der Waals surface area contributed by atoms with Gasteiger partial charge in [-0.2, -0.15) is 0 Å². The number of aryl methyl sites for hydroxylation is 1. The summed E-state index contributed by atoms with van der Waals surface area (Å²) in [5.74, 6) is 2.29. The molecule has 0 saturated carbocycles. The van der Waals surface area contributed by atoms with Crippen LogP contribution in [0.5, 0.6) is 0 Å². The molecule has 28 heavy (non-hydrogen) atoms. The van der Waals surface area contributed by atoms with E-state index in [0.717, 1.165) is 63.3 Å². The summed E-state index contributed by atoms with van der Waals surface area (Å²) in [6.07, 6.45) is 9.85. The minimum Gasteiger partial charge on any atom is -0.444 e. The van der Waals surface area contributed by atoms with Crippen molar-refractivity contribution in [3.05, 3.63) is 11.6 Å². The quantitative estimate of drug-likeness (QED) is 0.857. The Morgan fingerprint density at radius 2 is 1.89 bits per heavy atom. The zero-order chi connectivity index (χ0) is 19.7. The van der Waals surface area contributed by atoms with E-state index in [9.17, 15) is 4.79 Å². The molecular formula is C21H35N5O2. The van der Waals surface area contributed by atoms with Gasteiger partial charge in [0.2, 0.25) is 0 Å². The van der Waals surface area contributed by atoms with Crippen LogP contribution < -0.4 is 5.32 Å². The summed E-state index contributed by atoms with van der Waals surface area (Å²) in [7, 11) is 0.